The van der Waals surface area contributed by atoms with E-state index in [9.17, 15) is 13.2 Å². The molecule has 1 aliphatic heterocycles. The number of ether oxygens (including phenoxy) is 1. The SMILES string of the molecule is Cc1ccc(OCC(C)NC(=O)C2CCN(S(=O)(=O)c3cccs3)CC2)cc1. The lowest BCUT2D eigenvalue weighted by Gasteiger charge is -2.30. The summed E-state index contributed by atoms with van der Waals surface area (Å²) in [6.07, 6.45) is 1.06. The molecule has 8 heteroatoms. The molecule has 1 unspecified atom stereocenters. The fourth-order valence-electron chi connectivity index (χ4n) is 3.15. The molecule has 1 saturated heterocycles. The van der Waals surface area contributed by atoms with Crippen LogP contribution in [-0.4, -0.2) is 44.4 Å². The van der Waals surface area contributed by atoms with Crippen LogP contribution in [0.15, 0.2) is 46.0 Å². The highest BCUT2D eigenvalue weighted by atomic mass is 32.2. The number of amides is 1. The molecule has 3 rings (SSSR count). The van der Waals surface area contributed by atoms with Gasteiger partial charge in [0.2, 0.25) is 5.91 Å². The Morgan fingerprint density at radius 1 is 1.25 bits per heavy atom. The van der Waals surface area contributed by atoms with E-state index in [2.05, 4.69) is 5.32 Å². The molecule has 1 atom stereocenters. The van der Waals surface area contributed by atoms with Gasteiger partial charge in [-0.05, 0) is 50.3 Å². The van der Waals surface area contributed by atoms with E-state index >= 15 is 0 Å². The molecule has 1 N–H and O–H groups in total. The van der Waals surface area contributed by atoms with Crippen molar-refractivity contribution in [2.24, 2.45) is 5.92 Å². The smallest absolute Gasteiger partial charge is 0.252 e. The number of aryl methyl sites for hydroxylation is 1. The minimum absolute atomic E-state index is 0.0341. The molecule has 0 aliphatic carbocycles. The standard InChI is InChI=1S/C20H26N2O4S2/c1-15-5-7-18(8-6-15)26-14-16(2)21-20(23)17-9-11-22(12-10-17)28(24,25)19-4-3-13-27-19/h3-8,13,16-17H,9-12,14H2,1-2H3,(H,21,23). The number of sulfonamides is 1. The molecule has 1 aliphatic rings. The van der Waals surface area contributed by atoms with Gasteiger partial charge in [-0.3, -0.25) is 4.79 Å². The molecule has 1 fully saturated rings. The monoisotopic (exact) mass is 422 g/mol. The minimum atomic E-state index is -3.43. The van der Waals surface area contributed by atoms with E-state index in [1.54, 1.807) is 17.5 Å². The first kappa shape index (κ1) is 20.8. The van der Waals surface area contributed by atoms with Crippen molar-refractivity contribution in [3.63, 3.8) is 0 Å². The van der Waals surface area contributed by atoms with Crippen molar-refractivity contribution < 1.29 is 17.9 Å². The third-order valence-electron chi connectivity index (χ3n) is 4.82. The van der Waals surface area contributed by atoms with Gasteiger partial charge >= 0.3 is 0 Å². The zero-order valence-corrected chi connectivity index (χ0v) is 17.8. The number of hydrogen-bond donors (Lipinski definition) is 1. The van der Waals surface area contributed by atoms with Gasteiger partial charge in [-0.15, -0.1) is 11.3 Å². The molecule has 0 saturated carbocycles. The number of carbonyl (C=O) groups is 1. The summed E-state index contributed by atoms with van der Waals surface area (Å²) in [6, 6.07) is 11.0. The number of nitrogens with zero attached hydrogens (tertiary/aromatic N) is 1. The van der Waals surface area contributed by atoms with Crippen molar-refractivity contribution in [3.8, 4) is 5.75 Å². The number of hydrogen-bond acceptors (Lipinski definition) is 5. The molecule has 6 nitrogen and oxygen atoms in total. The third-order valence-corrected chi connectivity index (χ3v) is 8.10. The van der Waals surface area contributed by atoms with E-state index in [0.29, 0.717) is 36.7 Å². The highest BCUT2D eigenvalue weighted by Gasteiger charge is 2.32. The Balaban J connectivity index is 1.45. The van der Waals surface area contributed by atoms with E-state index in [1.807, 2.05) is 38.1 Å². The molecule has 0 spiro atoms. The average molecular weight is 423 g/mol. The van der Waals surface area contributed by atoms with E-state index in [1.165, 1.54) is 21.2 Å². The highest BCUT2D eigenvalue weighted by Crippen LogP contribution is 2.26. The van der Waals surface area contributed by atoms with E-state index < -0.39 is 10.0 Å². The van der Waals surface area contributed by atoms with Crippen LogP contribution >= 0.6 is 11.3 Å². The lowest BCUT2D eigenvalue weighted by atomic mass is 9.97. The second-order valence-corrected chi connectivity index (χ2v) is 10.3. The first-order valence-electron chi connectivity index (χ1n) is 9.40. The van der Waals surface area contributed by atoms with Gasteiger partial charge in [-0.25, -0.2) is 8.42 Å². The summed E-state index contributed by atoms with van der Waals surface area (Å²) in [6.45, 7) is 5.05. The summed E-state index contributed by atoms with van der Waals surface area (Å²) in [4.78, 5) is 12.5. The van der Waals surface area contributed by atoms with Crippen molar-refractivity contribution in [1.29, 1.82) is 0 Å². The van der Waals surface area contributed by atoms with Crippen LogP contribution in [0.5, 0.6) is 5.75 Å². The van der Waals surface area contributed by atoms with Crippen molar-refractivity contribution >= 4 is 27.3 Å². The van der Waals surface area contributed by atoms with Crippen LogP contribution in [0.2, 0.25) is 0 Å². The first-order valence-corrected chi connectivity index (χ1v) is 11.7. The van der Waals surface area contributed by atoms with Gasteiger partial charge in [-0.1, -0.05) is 23.8 Å². The summed E-state index contributed by atoms with van der Waals surface area (Å²) in [5.41, 5.74) is 1.17. The molecular weight excluding hydrogens is 396 g/mol. The van der Waals surface area contributed by atoms with Crippen LogP contribution in [0.3, 0.4) is 0 Å². The third kappa shape index (κ3) is 5.12. The number of rotatable bonds is 7. The topological polar surface area (TPSA) is 75.7 Å². The second kappa shape index (κ2) is 9.07. The predicted octanol–water partition coefficient (Wildman–Crippen LogP) is 3.04. The first-order chi connectivity index (χ1) is 13.4. The van der Waals surface area contributed by atoms with Crippen molar-refractivity contribution in [1.82, 2.24) is 9.62 Å². The Morgan fingerprint density at radius 2 is 1.93 bits per heavy atom. The Hall–Kier alpha value is -1.90. The van der Waals surface area contributed by atoms with Gasteiger partial charge in [0.25, 0.3) is 10.0 Å². The van der Waals surface area contributed by atoms with Crippen molar-refractivity contribution in [2.45, 2.75) is 36.9 Å². The fraction of sp³-hybridized carbons (Fsp3) is 0.450. The summed E-state index contributed by atoms with van der Waals surface area (Å²) in [7, 11) is -3.43. The number of thiophene rings is 1. The molecule has 2 aromatic rings. The number of carbonyl (C=O) groups excluding carboxylic acids is 1. The lowest BCUT2D eigenvalue weighted by molar-refractivity contribution is -0.126. The van der Waals surface area contributed by atoms with Gasteiger partial charge in [0, 0.05) is 19.0 Å². The van der Waals surface area contributed by atoms with E-state index in [0.717, 1.165) is 5.75 Å². The van der Waals surface area contributed by atoms with Crippen molar-refractivity contribution in [2.75, 3.05) is 19.7 Å². The summed E-state index contributed by atoms with van der Waals surface area (Å²) < 4.78 is 32.7. The molecule has 152 valence electrons. The van der Waals surface area contributed by atoms with Crippen LogP contribution in [0.25, 0.3) is 0 Å². The maximum absolute atomic E-state index is 12.6. The van der Waals surface area contributed by atoms with E-state index in [4.69, 9.17) is 4.74 Å². The zero-order valence-electron chi connectivity index (χ0n) is 16.1. The van der Waals surface area contributed by atoms with Gasteiger partial charge in [0.15, 0.2) is 0 Å². The second-order valence-electron chi connectivity index (χ2n) is 7.14. The molecular formula is C20H26N2O4S2. The highest BCUT2D eigenvalue weighted by molar-refractivity contribution is 7.91. The van der Waals surface area contributed by atoms with Crippen LogP contribution in [-0.2, 0) is 14.8 Å². The molecule has 0 bridgehead atoms. The van der Waals surface area contributed by atoms with Crippen LogP contribution in [0.1, 0.15) is 25.3 Å². The maximum atomic E-state index is 12.6. The molecule has 28 heavy (non-hydrogen) atoms. The average Bonchev–Trinajstić information content (AvgIpc) is 3.23. The molecule has 0 radical (unpaired) electrons. The molecule has 1 aromatic carbocycles. The largest absolute Gasteiger partial charge is 0.491 e. The normalized spacial score (nSPS) is 17.2. The van der Waals surface area contributed by atoms with Gasteiger partial charge < -0.3 is 10.1 Å². The van der Waals surface area contributed by atoms with Gasteiger partial charge in [-0.2, -0.15) is 4.31 Å². The van der Waals surface area contributed by atoms with Gasteiger partial charge in [0.1, 0.15) is 16.6 Å². The van der Waals surface area contributed by atoms with Crippen LogP contribution in [0.4, 0.5) is 0 Å². The maximum Gasteiger partial charge on any atom is 0.252 e. The van der Waals surface area contributed by atoms with Crippen LogP contribution in [0, 0.1) is 12.8 Å². The summed E-state index contributed by atoms with van der Waals surface area (Å²) in [5, 5.41) is 4.74. The number of piperidine rings is 1. The zero-order chi connectivity index (χ0) is 20.1. The minimum Gasteiger partial charge on any atom is -0.491 e. The summed E-state index contributed by atoms with van der Waals surface area (Å²) in [5.74, 6) is 0.573. The van der Waals surface area contributed by atoms with Gasteiger partial charge in [0.05, 0.1) is 6.04 Å². The van der Waals surface area contributed by atoms with Crippen molar-refractivity contribution in [3.05, 3.63) is 47.3 Å². The summed E-state index contributed by atoms with van der Waals surface area (Å²) >= 11 is 1.22. The Morgan fingerprint density at radius 3 is 2.54 bits per heavy atom. The molecule has 1 amide bonds. The quantitative estimate of drug-likeness (QED) is 0.744. The fourth-order valence-corrected chi connectivity index (χ4v) is 5.77. The number of benzene rings is 1. The Kier molecular flexibility index (Phi) is 6.74. The van der Waals surface area contributed by atoms with Crippen LogP contribution < -0.4 is 10.1 Å². The molecule has 1 aromatic heterocycles. The van der Waals surface area contributed by atoms with E-state index in [-0.39, 0.29) is 17.9 Å². The lowest BCUT2D eigenvalue weighted by Crippen LogP contribution is -2.45. The predicted molar refractivity (Wildman–Crippen MR) is 110 cm³/mol. The Labute approximate surface area is 170 Å². The number of nitrogens with one attached hydrogen (secondary N) is 1. The molecule has 2 heterocycles. The Bertz CT molecular complexity index is 871.